The van der Waals surface area contributed by atoms with Crippen molar-refractivity contribution in [1.82, 2.24) is 15.0 Å². The molecule has 7 aromatic rings. The summed E-state index contributed by atoms with van der Waals surface area (Å²) in [5.74, 6) is 0.671. The average Bonchev–Trinajstić information content (AvgIpc) is 3.01. The summed E-state index contributed by atoms with van der Waals surface area (Å²) >= 11 is 0. The molecule has 0 bridgehead atoms. The molecule has 3 heteroatoms. The van der Waals surface area contributed by atoms with E-state index in [1.807, 2.05) is 36.5 Å². The maximum absolute atomic E-state index is 5.23. The number of pyridine rings is 1. The highest BCUT2D eigenvalue weighted by Crippen LogP contribution is 2.38. The van der Waals surface area contributed by atoms with Crippen LogP contribution in [0.5, 0.6) is 0 Å². The average molecular weight is 486 g/mol. The smallest absolute Gasteiger partial charge is 0.162 e. The number of hydrogen-bond acceptors (Lipinski definition) is 3. The summed E-state index contributed by atoms with van der Waals surface area (Å²) in [6.07, 6.45) is 1.84. The van der Waals surface area contributed by atoms with Crippen LogP contribution < -0.4 is 0 Å². The van der Waals surface area contributed by atoms with Gasteiger partial charge in [-0.3, -0.25) is 4.98 Å². The minimum Gasteiger partial charge on any atom is -0.255 e. The van der Waals surface area contributed by atoms with Gasteiger partial charge in [-0.15, -0.1) is 0 Å². The van der Waals surface area contributed by atoms with Gasteiger partial charge >= 0.3 is 0 Å². The molecule has 2 heterocycles. The molecule has 0 atom stereocenters. The van der Waals surface area contributed by atoms with Crippen molar-refractivity contribution in [3.8, 4) is 44.9 Å². The van der Waals surface area contributed by atoms with Gasteiger partial charge in [0.05, 0.1) is 16.7 Å². The van der Waals surface area contributed by atoms with Crippen LogP contribution in [-0.2, 0) is 0 Å². The molecule has 7 rings (SSSR count). The summed E-state index contributed by atoms with van der Waals surface area (Å²) in [7, 11) is 0. The molecule has 0 radical (unpaired) electrons. The quantitative estimate of drug-likeness (QED) is 0.250. The Morgan fingerprint density at radius 3 is 1.79 bits per heavy atom. The van der Waals surface area contributed by atoms with E-state index in [-0.39, 0.29) is 0 Å². The lowest BCUT2D eigenvalue weighted by Gasteiger charge is -2.15. The molecular weight excluding hydrogens is 462 g/mol. The van der Waals surface area contributed by atoms with Crippen molar-refractivity contribution in [3.63, 3.8) is 0 Å². The van der Waals surface area contributed by atoms with Gasteiger partial charge in [-0.1, -0.05) is 115 Å². The van der Waals surface area contributed by atoms with E-state index < -0.39 is 0 Å². The molecule has 0 fully saturated rings. The second kappa shape index (κ2) is 9.38. The van der Waals surface area contributed by atoms with Crippen molar-refractivity contribution < 1.29 is 0 Å². The van der Waals surface area contributed by atoms with Gasteiger partial charge < -0.3 is 0 Å². The minimum atomic E-state index is 0.671. The number of hydrogen-bond donors (Lipinski definition) is 0. The zero-order chi connectivity index (χ0) is 25.3. The second-order valence-corrected chi connectivity index (χ2v) is 9.25. The lowest BCUT2D eigenvalue weighted by atomic mass is 9.95. The van der Waals surface area contributed by atoms with Crippen LogP contribution in [0.2, 0.25) is 0 Å². The van der Waals surface area contributed by atoms with E-state index in [0.717, 1.165) is 60.9 Å². The highest BCUT2D eigenvalue weighted by atomic mass is 14.9. The monoisotopic (exact) mass is 485 g/mol. The number of rotatable bonds is 4. The summed E-state index contributed by atoms with van der Waals surface area (Å²) < 4.78 is 0. The van der Waals surface area contributed by atoms with Crippen molar-refractivity contribution in [1.29, 1.82) is 0 Å². The van der Waals surface area contributed by atoms with Gasteiger partial charge in [0.2, 0.25) is 0 Å². The molecule has 0 spiro atoms. The molecule has 2 aromatic heterocycles. The molecule has 0 amide bonds. The van der Waals surface area contributed by atoms with E-state index in [4.69, 9.17) is 15.0 Å². The zero-order valence-corrected chi connectivity index (χ0v) is 20.6. The van der Waals surface area contributed by atoms with Gasteiger partial charge in [0.15, 0.2) is 5.82 Å². The van der Waals surface area contributed by atoms with Crippen molar-refractivity contribution >= 4 is 21.8 Å². The first-order valence-corrected chi connectivity index (χ1v) is 12.7. The summed E-state index contributed by atoms with van der Waals surface area (Å²) in [5.41, 5.74) is 9.33. The van der Waals surface area contributed by atoms with Crippen LogP contribution >= 0.6 is 0 Å². The van der Waals surface area contributed by atoms with Crippen molar-refractivity contribution in [3.05, 3.63) is 140 Å². The summed E-state index contributed by atoms with van der Waals surface area (Å²) in [5, 5.41) is 2.11. The molecule has 0 saturated carbocycles. The first kappa shape index (κ1) is 22.1. The lowest BCUT2D eigenvalue weighted by Crippen LogP contribution is -1.98. The first-order chi connectivity index (χ1) is 18.9. The van der Waals surface area contributed by atoms with Crippen LogP contribution in [0.15, 0.2) is 140 Å². The third kappa shape index (κ3) is 3.82. The summed E-state index contributed by atoms with van der Waals surface area (Å²) in [4.78, 5) is 15.1. The van der Waals surface area contributed by atoms with Gasteiger partial charge in [-0.2, -0.15) is 0 Å². The van der Waals surface area contributed by atoms with E-state index in [1.165, 1.54) is 0 Å². The third-order valence-corrected chi connectivity index (χ3v) is 6.97. The Bertz CT molecular complexity index is 1910. The van der Waals surface area contributed by atoms with Gasteiger partial charge in [-0.25, -0.2) is 9.97 Å². The Kier molecular flexibility index (Phi) is 5.45. The third-order valence-electron chi connectivity index (χ3n) is 6.97. The Morgan fingerprint density at radius 2 is 1.00 bits per heavy atom. The number of aromatic nitrogens is 3. The molecule has 0 aliphatic heterocycles. The van der Waals surface area contributed by atoms with Crippen molar-refractivity contribution in [2.75, 3.05) is 0 Å². The number of para-hydroxylation sites is 1. The zero-order valence-electron chi connectivity index (χ0n) is 20.6. The van der Waals surface area contributed by atoms with Crippen LogP contribution in [0.1, 0.15) is 0 Å². The van der Waals surface area contributed by atoms with E-state index >= 15 is 0 Å². The van der Waals surface area contributed by atoms with Crippen molar-refractivity contribution in [2.24, 2.45) is 0 Å². The fraction of sp³-hybridized carbons (Fsp3) is 0. The maximum atomic E-state index is 5.23. The number of fused-ring (bicyclic) bond motifs is 2. The van der Waals surface area contributed by atoms with Crippen LogP contribution in [-0.4, -0.2) is 15.0 Å². The fourth-order valence-corrected chi connectivity index (χ4v) is 5.18. The lowest BCUT2D eigenvalue weighted by molar-refractivity contribution is 1.23. The highest BCUT2D eigenvalue weighted by molar-refractivity contribution is 6.03. The molecule has 3 nitrogen and oxygen atoms in total. The molecule has 38 heavy (non-hydrogen) atoms. The number of benzene rings is 5. The topological polar surface area (TPSA) is 38.7 Å². The molecule has 5 aromatic carbocycles. The van der Waals surface area contributed by atoms with Gasteiger partial charge in [-0.05, 0) is 40.5 Å². The van der Waals surface area contributed by atoms with Crippen LogP contribution in [0.25, 0.3) is 66.7 Å². The van der Waals surface area contributed by atoms with E-state index in [9.17, 15) is 0 Å². The Hall–Kier alpha value is -5.15. The molecule has 0 unspecified atom stereocenters. The normalized spacial score (nSPS) is 11.2. The van der Waals surface area contributed by atoms with E-state index in [2.05, 4.69) is 103 Å². The van der Waals surface area contributed by atoms with Crippen LogP contribution in [0.3, 0.4) is 0 Å². The predicted octanol–water partition coefficient (Wildman–Crippen LogP) is 8.85. The Morgan fingerprint density at radius 1 is 0.395 bits per heavy atom. The molecule has 178 valence electrons. The molecule has 0 N–H and O–H groups in total. The Balaban J connectivity index is 1.49. The molecular formula is C35H23N3. The standard InChI is InChI=1S/C35H23N3/c1-3-12-24(13-4-1)26-16-7-8-17-29(26)34-30-18-9-10-20-32(30)37-35(38-34)31-22-21-27(25-14-5-2-6-15-25)28-19-11-23-36-33(28)31/h1-23H. The molecule has 0 aliphatic rings. The largest absolute Gasteiger partial charge is 0.255 e. The van der Waals surface area contributed by atoms with E-state index in [0.29, 0.717) is 5.82 Å². The number of nitrogens with zero attached hydrogens (tertiary/aromatic N) is 3. The summed E-state index contributed by atoms with van der Waals surface area (Å²) in [6, 6.07) is 46.0. The second-order valence-electron chi connectivity index (χ2n) is 9.25. The molecule has 0 saturated heterocycles. The van der Waals surface area contributed by atoms with Gasteiger partial charge in [0.25, 0.3) is 0 Å². The molecule has 0 aliphatic carbocycles. The highest BCUT2D eigenvalue weighted by Gasteiger charge is 2.17. The van der Waals surface area contributed by atoms with Crippen LogP contribution in [0.4, 0.5) is 0 Å². The van der Waals surface area contributed by atoms with E-state index in [1.54, 1.807) is 0 Å². The van der Waals surface area contributed by atoms with Gasteiger partial charge in [0.1, 0.15) is 0 Å². The van der Waals surface area contributed by atoms with Gasteiger partial charge in [0, 0.05) is 28.1 Å². The van der Waals surface area contributed by atoms with Crippen molar-refractivity contribution in [2.45, 2.75) is 0 Å². The Labute approximate surface area is 221 Å². The van der Waals surface area contributed by atoms with Crippen LogP contribution in [0, 0.1) is 0 Å². The SMILES string of the molecule is c1ccc(-c2ccccc2-c2nc(-c3ccc(-c4ccccc4)c4cccnc34)nc3ccccc23)cc1. The first-order valence-electron chi connectivity index (χ1n) is 12.7. The summed E-state index contributed by atoms with van der Waals surface area (Å²) in [6.45, 7) is 0. The minimum absolute atomic E-state index is 0.671. The predicted molar refractivity (Wildman–Crippen MR) is 157 cm³/mol. The maximum Gasteiger partial charge on any atom is 0.162 e. The fourth-order valence-electron chi connectivity index (χ4n) is 5.18.